The Balaban J connectivity index is 1.81. The van der Waals surface area contributed by atoms with Gasteiger partial charge in [-0.2, -0.15) is 0 Å². The minimum absolute atomic E-state index is 0.0711. The summed E-state index contributed by atoms with van der Waals surface area (Å²) >= 11 is 0. The summed E-state index contributed by atoms with van der Waals surface area (Å²) in [4.78, 5) is 45.0. The van der Waals surface area contributed by atoms with Gasteiger partial charge in [-0.3, -0.25) is 14.4 Å². The number of fused-ring (bicyclic) bond motifs is 4. The van der Waals surface area contributed by atoms with E-state index in [2.05, 4.69) is 9.97 Å². The Morgan fingerprint density at radius 2 is 2.00 bits per heavy atom. The summed E-state index contributed by atoms with van der Waals surface area (Å²) in [5.74, 6) is 1.06. The molecule has 2 atom stereocenters. The van der Waals surface area contributed by atoms with Crippen LogP contribution in [0.15, 0.2) is 27.8 Å². The maximum atomic E-state index is 12.6. The number of hydrogen-bond acceptors (Lipinski definition) is 4. The lowest BCUT2D eigenvalue weighted by molar-refractivity contribution is -0.131. The molecule has 7 heteroatoms. The summed E-state index contributed by atoms with van der Waals surface area (Å²) in [5.41, 5.74) is 1.79. The second-order valence-corrected chi connectivity index (χ2v) is 7.06. The molecule has 1 saturated heterocycles. The molecule has 4 rings (SSSR count). The number of H-pyrrole nitrogens is 1. The molecule has 0 saturated carbocycles. The van der Waals surface area contributed by atoms with Gasteiger partial charge in [-0.25, -0.2) is 4.98 Å². The first kappa shape index (κ1) is 15.8. The van der Waals surface area contributed by atoms with E-state index in [9.17, 15) is 14.4 Å². The van der Waals surface area contributed by atoms with Crippen LogP contribution >= 0.6 is 0 Å². The molecule has 7 nitrogen and oxygen atoms in total. The van der Waals surface area contributed by atoms with Gasteiger partial charge in [-0.15, -0.1) is 0 Å². The smallest absolute Gasteiger partial charge is 0.251 e. The molecular formula is C18H20N4O3. The van der Waals surface area contributed by atoms with Gasteiger partial charge in [0, 0.05) is 55.9 Å². The molecular weight excluding hydrogens is 320 g/mol. The van der Waals surface area contributed by atoms with Gasteiger partial charge in [-0.05, 0) is 25.3 Å². The zero-order chi connectivity index (χ0) is 17.7. The van der Waals surface area contributed by atoms with E-state index in [1.165, 1.54) is 6.07 Å². The first-order valence-electron chi connectivity index (χ1n) is 8.49. The van der Waals surface area contributed by atoms with Crippen molar-refractivity contribution in [2.45, 2.75) is 32.7 Å². The molecule has 1 fully saturated rings. The molecule has 0 radical (unpaired) electrons. The molecule has 2 bridgehead atoms. The van der Waals surface area contributed by atoms with Gasteiger partial charge in [0.1, 0.15) is 5.82 Å². The molecule has 2 aromatic rings. The van der Waals surface area contributed by atoms with Crippen LogP contribution in [0.1, 0.15) is 30.8 Å². The van der Waals surface area contributed by atoms with E-state index in [1.54, 1.807) is 19.9 Å². The number of nitrogens with zero attached hydrogens (tertiary/aromatic N) is 3. The second kappa shape index (κ2) is 5.68. The van der Waals surface area contributed by atoms with Crippen molar-refractivity contribution in [1.29, 1.82) is 0 Å². The number of likely N-dealkylation sites (tertiary alicyclic amines) is 1. The molecule has 4 heterocycles. The number of carbonyl (C=O) groups is 1. The van der Waals surface area contributed by atoms with Crippen LogP contribution in [-0.2, 0) is 11.3 Å². The van der Waals surface area contributed by atoms with Crippen LogP contribution in [0.2, 0.25) is 0 Å². The van der Waals surface area contributed by atoms with E-state index < -0.39 is 0 Å². The van der Waals surface area contributed by atoms with Gasteiger partial charge in [0.05, 0.1) is 5.69 Å². The molecule has 1 N–H and O–H groups in total. The maximum Gasteiger partial charge on any atom is 0.251 e. The van der Waals surface area contributed by atoms with Gasteiger partial charge in [-0.1, -0.05) is 0 Å². The number of aryl methyl sites for hydroxylation is 1. The van der Waals surface area contributed by atoms with E-state index in [0.29, 0.717) is 42.6 Å². The Bertz CT molecular complexity index is 975. The van der Waals surface area contributed by atoms with Crippen LogP contribution in [0.3, 0.4) is 0 Å². The molecule has 0 unspecified atom stereocenters. The van der Waals surface area contributed by atoms with Crippen molar-refractivity contribution in [3.8, 4) is 11.3 Å². The monoisotopic (exact) mass is 340 g/mol. The van der Waals surface area contributed by atoms with Crippen LogP contribution in [0.4, 0.5) is 0 Å². The van der Waals surface area contributed by atoms with Crippen LogP contribution in [0.5, 0.6) is 0 Å². The fraction of sp³-hybridized carbons (Fsp3) is 0.444. The molecule has 0 aromatic carbocycles. The van der Waals surface area contributed by atoms with Gasteiger partial charge in [0.2, 0.25) is 5.91 Å². The Labute approximate surface area is 144 Å². The number of amides is 1. The lowest BCUT2D eigenvalue weighted by Crippen LogP contribution is -2.48. The third-order valence-corrected chi connectivity index (χ3v) is 5.16. The molecule has 0 aliphatic carbocycles. The number of pyridine rings is 1. The van der Waals surface area contributed by atoms with Gasteiger partial charge in [0.15, 0.2) is 0 Å². The average Bonchev–Trinajstić information content (AvgIpc) is 2.54. The molecule has 2 aromatic heterocycles. The van der Waals surface area contributed by atoms with E-state index in [4.69, 9.17) is 0 Å². The van der Waals surface area contributed by atoms with Crippen molar-refractivity contribution in [3.63, 3.8) is 0 Å². The predicted molar refractivity (Wildman–Crippen MR) is 92.4 cm³/mol. The molecule has 2 aliphatic rings. The number of hydrogen-bond donors (Lipinski definition) is 1. The quantitative estimate of drug-likeness (QED) is 0.834. The fourth-order valence-corrected chi connectivity index (χ4v) is 4.09. The lowest BCUT2D eigenvalue weighted by atomic mass is 9.82. The molecule has 130 valence electrons. The predicted octanol–water partition coefficient (Wildman–Crippen LogP) is 0.873. The zero-order valence-electron chi connectivity index (χ0n) is 14.3. The van der Waals surface area contributed by atoms with Gasteiger partial charge >= 0.3 is 0 Å². The first-order chi connectivity index (χ1) is 11.9. The topological polar surface area (TPSA) is 88.1 Å². The van der Waals surface area contributed by atoms with Crippen LogP contribution in [0, 0.1) is 12.8 Å². The Morgan fingerprint density at radius 3 is 2.72 bits per heavy atom. The summed E-state index contributed by atoms with van der Waals surface area (Å²) in [6.45, 7) is 5.29. The van der Waals surface area contributed by atoms with E-state index in [0.717, 1.165) is 12.1 Å². The number of aromatic nitrogens is 3. The highest BCUT2D eigenvalue weighted by Crippen LogP contribution is 2.36. The fourth-order valence-electron chi connectivity index (χ4n) is 4.09. The van der Waals surface area contributed by atoms with Crippen LogP contribution < -0.4 is 11.1 Å². The largest absolute Gasteiger partial charge is 0.342 e. The summed E-state index contributed by atoms with van der Waals surface area (Å²) in [6.07, 6.45) is 0.981. The molecule has 0 spiro atoms. The van der Waals surface area contributed by atoms with Crippen molar-refractivity contribution in [2.24, 2.45) is 5.92 Å². The minimum Gasteiger partial charge on any atom is -0.342 e. The third-order valence-electron chi connectivity index (χ3n) is 5.16. The zero-order valence-corrected chi connectivity index (χ0v) is 14.3. The van der Waals surface area contributed by atoms with Gasteiger partial charge in [0.25, 0.3) is 11.1 Å². The highest BCUT2D eigenvalue weighted by molar-refractivity contribution is 5.73. The first-order valence-corrected chi connectivity index (χ1v) is 8.49. The highest BCUT2D eigenvalue weighted by Gasteiger charge is 2.35. The summed E-state index contributed by atoms with van der Waals surface area (Å²) < 4.78 is 1.82. The minimum atomic E-state index is -0.235. The Kier molecular flexibility index (Phi) is 3.59. The van der Waals surface area contributed by atoms with Crippen LogP contribution in [0.25, 0.3) is 11.3 Å². The number of rotatable bonds is 1. The highest BCUT2D eigenvalue weighted by atomic mass is 16.2. The number of nitrogens with one attached hydrogen (secondary N) is 1. The summed E-state index contributed by atoms with van der Waals surface area (Å²) in [5, 5.41) is 0. The van der Waals surface area contributed by atoms with E-state index in [-0.39, 0.29) is 22.9 Å². The maximum absolute atomic E-state index is 12.6. The Hall–Kier alpha value is -2.70. The van der Waals surface area contributed by atoms with Gasteiger partial charge < -0.3 is 14.5 Å². The number of aromatic amines is 1. The van der Waals surface area contributed by atoms with E-state index >= 15 is 0 Å². The van der Waals surface area contributed by atoms with Crippen molar-refractivity contribution in [2.75, 3.05) is 13.1 Å². The second-order valence-electron chi connectivity index (χ2n) is 7.06. The van der Waals surface area contributed by atoms with Crippen molar-refractivity contribution >= 4 is 5.91 Å². The van der Waals surface area contributed by atoms with Crippen molar-refractivity contribution < 1.29 is 4.79 Å². The molecule has 2 aliphatic heterocycles. The summed E-state index contributed by atoms with van der Waals surface area (Å²) in [6, 6.07) is 4.91. The Morgan fingerprint density at radius 1 is 1.20 bits per heavy atom. The van der Waals surface area contributed by atoms with Crippen LogP contribution in [-0.4, -0.2) is 38.4 Å². The number of piperidine rings is 1. The normalized spacial score (nSPS) is 21.8. The average molecular weight is 340 g/mol. The SMILES string of the molecule is CC(=O)N1C[C@@H]2C[C@H](C1)c1cc(-c3cc(=O)[nH]c(C)n3)cc(=O)n1C2. The van der Waals surface area contributed by atoms with Crippen molar-refractivity contribution in [3.05, 3.63) is 50.4 Å². The van der Waals surface area contributed by atoms with E-state index in [1.807, 2.05) is 15.5 Å². The van der Waals surface area contributed by atoms with Crippen molar-refractivity contribution in [1.82, 2.24) is 19.4 Å². The summed E-state index contributed by atoms with van der Waals surface area (Å²) in [7, 11) is 0. The molecule has 1 amide bonds. The molecule has 25 heavy (non-hydrogen) atoms. The number of carbonyl (C=O) groups excluding carboxylic acids is 1. The lowest BCUT2D eigenvalue weighted by Gasteiger charge is -2.42. The third kappa shape index (κ3) is 2.79. The standard InChI is InChI=1S/C18H20N4O3/c1-10-19-15(6-17(24)20-10)13-4-16-14-3-12(7-21(9-14)11(2)23)8-22(16)18(25)5-13/h4-6,12,14H,3,7-9H2,1-2H3,(H,19,20,24)/t12-,14+/m0/s1.